The lowest BCUT2D eigenvalue weighted by Crippen LogP contribution is -2.36. The van der Waals surface area contributed by atoms with E-state index in [0.29, 0.717) is 36.1 Å². The number of amides is 1. The summed E-state index contributed by atoms with van der Waals surface area (Å²) in [6.07, 6.45) is 2.90. The molecule has 2 N–H and O–H groups in total. The van der Waals surface area contributed by atoms with E-state index >= 15 is 0 Å². The van der Waals surface area contributed by atoms with Crippen molar-refractivity contribution < 1.29 is 18.3 Å². The minimum absolute atomic E-state index is 0.188. The summed E-state index contributed by atoms with van der Waals surface area (Å²) in [5.41, 5.74) is 2.38. The fourth-order valence-electron chi connectivity index (χ4n) is 4.59. The van der Waals surface area contributed by atoms with E-state index in [-0.39, 0.29) is 12.2 Å². The van der Waals surface area contributed by atoms with Gasteiger partial charge in [-0.1, -0.05) is 0 Å². The van der Waals surface area contributed by atoms with E-state index < -0.39 is 24.2 Å². The summed E-state index contributed by atoms with van der Waals surface area (Å²) in [5.74, 6) is -0.660. The summed E-state index contributed by atoms with van der Waals surface area (Å²) in [7, 11) is 1.75. The number of morpholine rings is 1. The van der Waals surface area contributed by atoms with Crippen molar-refractivity contribution in [1.29, 1.82) is 0 Å². The maximum absolute atomic E-state index is 12.9. The Balaban J connectivity index is 1.36. The molecule has 186 valence electrons. The van der Waals surface area contributed by atoms with E-state index in [1.54, 1.807) is 30.0 Å². The maximum atomic E-state index is 12.9. The zero-order chi connectivity index (χ0) is 24.8. The van der Waals surface area contributed by atoms with Crippen molar-refractivity contribution in [3.8, 4) is 11.4 Å². The van der Waals surface area contributed by atoms with Crippen LogP contribution in [0.15, 0.2) is 36.8 Å². The molecule has 1 saturated heterocycles. The summed E-state index contributed by atoms with van der Waals surface area (Å²) >= 11 is 0. The van der Waals surface area contributed by atoms with Crippen LogP contribution in [0.25, 0.3) is 27.8 Å². The Hall–Kier alpha value is -3.93. The van der Waals surface area contributed by atoms with Crippen molar-refractivity contribution in [1.82, 2.24) is 24.6 Å². The molecular formula is C24H24F2N8O2. The molecule has 6 rings (SSSR count). The molecule has 0 bridgehead atoms. The molecule has 2 fully saturated rings. The van der Waals surface area contributed by atoms with Gasteiger partial charge in [-0.2, -0.15) is 0 Å². The third kappa shape index (κ3) is 4.06. The molecule has 10 nitrogen and oxygen atoms in total. The number of hydrogen-bond donors (Lipinski definition) is 2. The topological polar surface area (TPSA) is 110 Å². The molecule has 12 heteroatoms. The molecule has 1 aliphatic heterocycles. The van der Waals surface area contributed by atoms with Gasteiger partial charge in [0.05, 0.1) is 25.1 Å². The van der Waals surface area contributed by atoms with Gasteiger partial charge in [0.25, 0.3) is 0 Å². The van der Waals surface area contributed by atoms with Crippen LogP contribution in [-0.4, -0.2) is 70.2 Å². The van der Waals surface area contributed by atoms with Crippen molar-refractivity contribution in [2.45, 2.75) is 12.8 Å². The highest BCUT2D eigenvalue weighted by Gasteiger charge is 2.48. The number of fused-ring (bicyclic) bond motifs is 2. The summed E-state index contributed by atoms with van der Waals surface area (Å²) < 4.78 is 33.0. The first-order chi connectivity index (χ1) is 17.5. The lowest BCUT2D eigenvalue weighted by Gasteiger charge is -2.28. The van der Waals surface area contributed by atoms with Gasteiger partial charge >= 0.3 is 0 Å². The van der Waals surface area contributed by atoms with Crippen LogP contribution < -0.4 is 15.5 Å². The molecule has 2 atom stereocenters. The average Bonchev–Trinajstić information content (AvgIpc) is 3.61. The summed E-state index contributed by atoms with van der Waals surface area (Å²) in [6.45, 7) is 3.00. The Bertz CT molecular complexity index is 1450. The highest BCUT2D eigenvalue weighted by Crippen LogP contribution is 2.43. The maximum Gasteiger partial charge on any atom is 0.242 e. The first kappa shape index (κ1) is 22.5. The molecule has 0 unspecified atom stereocenters. The molecule has 2 aliphatic rings. The zero-order valence-electron chi connectivity index (χ0n) is 19.5. The lowest BCUT2D eigenvalue weighted by molar-refractivity contribution is -0.118. The summed E-state index contributed by atoms with van der Waals surface area (Å²) in [5, 5.41) is 11.9. The van der Waals surface area contributed by atoms with Crippen LogP contribution in [-0.2, 0) is 9.53 Å². The molecule has 0 radical (unpaired) electrons. The predicted octanol–water partition coefficient (Wildman–Crippen LogP) is 3.06. The number of alkyl halides is 2. The van der Waals surface area contributed by atoms with E-state index in [2.05, 4.69) is 25.5 Å². The summed E-state index contributed by atoms with van der Waals surface area (Å²) in [4.78, 5) is 28.2. The molecule has 0 aromatic carbocycles. The zero-order valence-corrected chi connectivity index (χ0v) is 19.5. The fourth-order valence-corrected chi connectivity index (χ4v) is 4.59. The van der Waals surface area contributed by atoms with Gasteiger partial charge in [0, 0.05) is 60.7 Å². The largest absolute Gasteiger partial charge is 0.378 e. The van der Waals surface area contributed by atoms with E-state index in [9.17, 15) is 13.6 Å². The molecule has 1 saturated carbocycles. The second-order valence-corrected chi connectivity index (χ2v) is 8.94. The Morgan fingerprint density at radius 2 is 2.00 bits per heavy atom. The molecule has 5 heterocycles. The van der Waals surface area contributed by atoms with Gasteiger partial charge in [-0.05, 0) is 24.6 Å². The van der Waals surface area contributed by atoms with Crippen molar-refractivity contribution in [2.75, 3.05) is 48.9 Å². The van der Waals surface area contributed by atoms with Crippen molar-refractivity contribution in [2.24, 2.45) is 11.8 Å². The smallest absolute Gasteiger partial charge is 0.242 e. The van der Waals surface area contributed by atoms with E-state index in [4.69, 9.17) is 14.8 Å². The lowest BCUT2D eigenvalue weighted by atomic mass is 10.1. The van der Waals surface area contributed by atoms with Crippen LogP contribution >= 0.6 is 0 Å². The number of hydrogen-bond acceptors (Lipinski definition) is 8. The number of halogens is 2. The van der Waals surface area contributed by atoms with Crippen LogP contribution in [0.5, 0.6) is 0 Å². The standard InChI is InChI=1S/C24H24F2N8O2/c1-27-22-17-10-28-19(30-24(35)16-8-15(16)21(25)26)9-14(17)18(11-29-22)23-31-20-3-2-13(12-34(20)32-23)33-4-6-36-7-5-33/h2-3,9-12,15-16,21H,4-8H2,1H3,(H,27,29)(H,28,30,35)/t15-,16+/m1/s1. The second kappa shape index (κ2) is 8.94. The number of nitrogens with zero attached hydrogens (tertiary/aromatic N) is 6. The van der Waals surface area contributed by atoms with Crippen LogP contribution in [0.4, 0.5) is 26.1 Å². The van der Waals surface area contributed by atoms with Gasteiger partial charge < -0.3 is 20.3 Å². The number of pyridine rings is 3. The Morgan fingerprint density at radius 1 is 1.17 bits per heavy atom. The third-order valence-electron chi connectivity index (χ3n) is 6.69. The van der Waals surface area contributed by atoms with Gasteiger partial charge in [-0.25, -0.2) is 28.2 Å². The highest BCUT2D eigenvalue weighted by atomic mass is 19.3. The monoisotopic (exact) mass is 494 g/mol. The quantitative estimate of drug-likeness (QED) is 0.421. The molecular weight excluding hydrogens is 470 g/mol. The van der Waals surface area contributed by atoms with Gasteiger partial charge in [-0.15, -0.1) is 5.10 Å². The normalized spacial score (nSPS) is 19.7. The van der Waals surface area contributed by atoms with Gasteiger partial charge in [0.1, 0.15) is 11.6 Å². The van der Waals surface area contributed by atoms with Crippen LogP contribution in [0.2, 0.25) is 0 Å². The number of nitrogens with one attached hydrogen (secondary N) is 2. The van der Waals surface area contributed by atoms with Crippen LogP contribution in [0.1, 0.15) is 6.42 Å². The van der Waals surface area contributed by atoms with E-state index in [1.807, 2.05) is 18.3 Å². The minimum Gasteiger partial charge on any atom is -0.378 e. The molecule has 1 aliphatic carbocycles. The first-order valence-corrected chi connectivity index (χ1v) is 11.8. The van der Waals surface area contributed by atoms with Gasteiger partial charge in [-0.3, -0.25) is 4.79 Å². The number of rotatable bonds is 6. The first-order valence-electron chi connectivity index (χ1n) is 11.8. The Kier molecular flexibility index (Phi) is 5.59. The molecule has 4 aromatic rings. The molecule has 36 heavy (non-hydrogen) atoms. The van der Waals surface area contributed by atoms with Crippen LogP contribution in [0.3, 0.4) is 0 Å². The number of aromatic nitrogens is 5. The number of carbonyl (C=O) groups excluding carboxylic acids is 1. The highest BCUT2D eigenvalue weighted by molar-refractivity contribution is 6.03. The van der Waals surface area contributed by atoms with E-state index in [1.165, 1.54) is 0 Å². The SMILES string of the molecule is CNc1ncc(-c2nc3ccc(N4CCOCC4)cn3n2)c2cc(NC(=O)[C@H]3C[C@H]3C(F)F)ncc12. The molecule has 1 amide bonds. The molecule has 0 spiro atoms. The van der Waals surface area contributed by atoms with Crippen molar-refractivity contribution >= 4 is 39.6 Å². The minimum atomic E-state index is -2.49. The number of ether oxygens (including phenoxy) is 1. The van der Waals surface area contributed by atoms with E-state index in [0.717, 1.165) is 29.5 Å². The van der Waals surface area contributed by atoms with Crippen molar-refractivity contribution in [3.63, 3.8) is 0 Å². The number of carbonyl (C=O) groups is 1. The van der Waals surface area contributed by atoms with Gasteiger partial charge in [0.2, 0.25) is 12.3 Å². The van der Waals surface area contributed by atoms with Crippen molar-refractivity contribution in [3.05, 3.63) is 36.8 Å². The third-order valence-corrected chi connectivity index (χ3v) is 6.69. The summed E-state index contributed by atoms with van der Waals surface area (Å²) in [6, 6.07) is 5.64. The second-order valence-electron chi connectivity index (χ2n) is 8.94. The fraction of sp³-hybridized carbons (Fsp3) is 0.375. The average molecular weight is 495 g/mol. The predicted molar refractivity (Wildman–Crippen MR) is 130 cm³/mol. The van der Waals surface area contributed by atoms with Crippen LogP contribution in [0, 0.1) is 11.8 Å². The number of anilines is 3. The van der Waals surface area contributed by atoms with Gasteiger partial charge in [0.15, 0.2) is 11.5 Å². The Labute approximate surface area is 204 Å². The Morgan fingerprint density at radius 3 is 2.75 bits per heavy atom. The molecule has 4 aromatic heterocycles.